The van der Waals surface area contributed by atoms with Gasteiger partial charge in [0.1, 0.15) is 5.82 Å². The largest absolute Gasteiger partial charge is 0.380 e. The topological polar surface area (TPSA) is 21.3 Å². The van der Waals surface area contributed by atoms with Gasteiger partial charge in [0.2, 0.25) is 0 Å². The lowest BCUT2D eigenvalue weighted by Crippen LogP contribution is -2.45. The third kappa shape index (κ3) is 2.50. The number of halogens is 1. The van der Waals surface area contributed by atoms with E-state index in [-0.39, 0.29) is 5.82 Å². The maximum Gasteiger partial charge on any atom is 0.123 e. The van der Waals surface area contributed by atoms with Crippen LogP contribution < -0.4 is 5.32 Å². The number of rotatable bonds is 3. The van der Waals surface area contributed by atoms with Crippen LogP contribution in [-0.4, -0.2) is 25.3 Å². The van der Waals surface area contributed by atoms with E-state index in [4.69, 9.17) is 4.74 Å². The fourth-order valence-electron chi connectivity index (χ4n) is 2.76. The van der Waals surface area contributed by atoms with Crippen molar-refractivity contribution in [3.8, 4) is 0 Å². The minimum absolute atomic E-state index is 0.147. The Morgan fingerprint density at radius 3 is 2.53 bits per heavy atom. The summed E-state index contributed by atoms with van der Waals surface area (Å²) in [5.41, 5.74) is 1.27. The Labute approximate surface area is 101 Å². The molecule has 1 aromatic rings. The second kappa shape index (κ2) is 4.75. The second-order valence-corrected chi connectivity index (χ2v) is 5.14. The molecule has 92 valence electrons. The zero-order chi connectivity index (χ0) is 11.7. The highest BCUT2D eigenvalue weighted by Crippen LogP contribution is 2.37. The molecule has 3 rings (SSSR count). The molecule has 17 heavy (non-hydrogen) atoms. The van der Waals surface area contributed by atoms with Crippen molar-refractivity contribution in [3.05, 3.63) is 35.6 Å². The zero-order valence-electron chi connectivity index (χ0n) is 9.86. The van der Waals surface area contributed by atoms with E-state index >= 15 is 0 Å². The van der Waals surface area contributed by atoms with Crippen molar-refractivity contribution in [2.24, 2.45) is 0 Å². The van der Waals surface area contributed by atoms with Gasteiger partial charge in [0.15, 0.2) is 0 Å². The summed E-state index contributed by atoms with van der Waals surface area (Å²) in [6, 6.07) is 8.11. The number of benzene rings is 1. The highest BCUT2D eigenvalue weighted by Gasteiger charge is 2.32. The van der Waals surface area contributed by atoms with Gasteiger partial charge in [0.05, 0.1) is 6.61 Å². The first-order valence-corrected chi connectivity index (χ1v) is 6.40. The van der Waals surface area contributed by atoms with Crippen LogP contribution in [0.2, 0.25) is 0 Å². The van der Waals surface area contributed by atoms with Crippen molar-refractivity contribution in [2.75, 3.05) is 13.2 Å². The normalized spacial score (nSPS) is 32.4. The Morgan fingerprint density at radius 1 is 1.12 bits per heavy atom. The SMILES string of the molecule is Fc1ccc(C2CC(NC3CCOC3)C2)cc1. The molecule has 0 amide bonds. The standard InChI is InChI=1S/C14H18FNO/c15-12-3-1-10(2-4-12)11-7-14(8-11)16-13-5-6-17-9-13/h1-4,11,13-14,16H,5-9H2. The van der Waals surface area contributed by atoms with Crippen LogP contribution >= 0.6 is 0 Å². The zero-order valence-corrected chi connectivity index (χ0v) is 9.86. The van der Waals surface area contributed by atoms with Crippen LogP contribution in [0.5, 0.6) is 0 Å². The lowest BCUT2D eigenvalue weighted by Gasteiger charge is -2.38. The highest BCUT2D eigenvalue weighted by molar-refractivity contribution is 5.23. The minimum Gasteiger partial charge on any atom is -0.380 e. The summed E-state index contributed by atoms with van der Waals surface area (Å²) >= 11 is 0. The summed E-state index contributed by atoms with van der Waals surface area (Å²) in [7, 11) is 0. The molecular weight excluding hydrogens is 217 g/mol. The quantitative estimate of drug-likeness (QED) is 0.869. The van der Waals surface area contributed by atoms with Gasteiger partial charge in [0, 0.05) is 18.7 Å². The molecule has 1 N–H and O–H groups in total. The third-order valence-corrected chi connectivity index (χ3v) is 3.88. The smallest absolute Gasteiger partial charge is 0.123 e. The van der Waals surface area contributed by atoms with Crippen LogP contribution in [0, 0.1) is 5.82 Å². The Morgan fingerprint density at radius 2 is 1.88 bits per heavy atom. The van der Waals surface area contributed by atoms with Crippen molar-refractivity contribution >= 4 is 0 Å². The monoisotopic (exact) mass is 235 g/mol. The number of ether oxygens (including phenoxy) is 1. The lowest BCUT2D eigenvalue weighted by atomic mass is 9.75. The van der Waals surface area contributed by atoms with Crippen molar-refractivity contribution in [2.45, 2.75) is 37.3 Å². The number of nitrogens with one attached hydrogen (secondary N) is 1. The first-order valence-electron chi connectivity index (χ1n) is 6.40. The molecule has 1 saturated carbocycles. The van der Waals surface area contributed by atoms with E-state index in [1.807, 2.05) is 12.1 Å². The van der Waals surface area contributed by atoms with Gasteiger partial charge in [-0.2, -0.15) is 0 Å². The van der Waals surface area contributed by atoms with Gasteiger partial charge in [0.25, 0.3) is 0 Å². The molecule has 0 aromatic heterocycles. The molecule has 1 atom stereocenters. The predicted molar refractivity (Wildman–Crippen MR) is 64.5 cm³/mol. The first-order chi connectivity index (χ1) is 8.31. The van der Waals surface area contributed by atoms with Crippen LogP contribution in [0.15, 0.2) is 24.3 Å². The summed E-state index contributed by atoms with van der Waals surface area (Å²) < 4.78 is 18.1. The number of hydrogen-bond acceptors (Lipinski definition) is 2. The van der Waals surface area contributed by atoms with Crippen molar-refractivity contribution in [3.63, 3.8) is 0 Å². The van der Waals surface area contributed by atoms with E-state index < -0.39 is 0 Å². The Bertz CT molecular complexity index is 366. The fraction of sp³-hybridized carbons (Fsp3) is 0.571. The molecule has 2 aliphatic rings. The summed E-state index contributed by atoms with van der Waals surface area (Å²) in [5.74, 6) is 0.460. The van der Waals surface area contributed by atoms with E-state index in [2.05, 4.69) is 5.32 Å². The van der Waals surface area contributed by atoms with Crippen LogP contribution in [0.1, 0.15) is 30.7 Å². The van der Waals surface area contributed by atoms with E-state index in [1.54, 1.807) is 12.1 Å². The van der Waals surface area contributed by atoms with Crippen LogP contribution in [0.3, 0.4) is 0 Å². The molecule has 2 fully saturated rings. The molecule has 0 spiro atoms. The molecule has 2 nitrogen and oxygen atoms in total. The summed E-state index contributed by atoms with van der Waals surface area (Å²) in [5, 5.41) is 3.63. The van der Waals surface area contributed by atoms with E-state index in [9.17, 15) is 4.39 Å². The van der Waals surface area contributed by atoms with Gasteiger partial charge in [-0.25, -0.2) is 4.39 Å². The van der Waals surface area contributed by atoms with Gasteiger partial charge in [-0.3, -0.25) is 0 Å². The van der Waals surface area contributed by atoms with Gasteiger partial charge >= 0.3 is 0 Å². The number of hydrogen-bond donors (Lipinski definition) is 1. The van der Waals surface area contributed by atoms with E-state index in [0.29, 0.717) is 18.0 Å². The Hall–Kier alpha value is -0.930. The molecule has 1 saturated heterocycles. The van der Waals surface area contributed by atoms with Crippen molar-refractivity contribution in [1.82, 2.24) is 5.32 Å². The van der Waals surface area contributed by atoms with Gasteiger partial charge in [-0.05, 0) is 42.9 Å². The summed E-state index contributed by atoms with van der Waals surface area (Å²) in [6.45, 7) is 1.75. The summed E-state index contributed by atoms with van der Waals surface area (Å²) in [4.78, 5) is 0. The van der Waals surface area contributed by atoms with E-state index in [1.165, 1.54) is 18.4 Å². The molecule has 0 bridgehead atoms. The first kappa shape index (κ1) is 11.2. The average Bonchev–Trinajstić information content (AvgIpc) is 2.77. The molecule has 3 heteroatoms. The molecule has 1 aromatic carbocycles. The second-order valence-electron chi connectivity index (χ2n) is 5.14. The van der Waals surface area contributed by atoms with Crippen LogP contribution in [0.25, 0.3) is 0 Å². The predicted octanol–water partition coefficient (Wildman–Crippen LogP) is 2.45. The fourth-order valence-corrected chi connectivity index (χ4v) is 2.76. The van der Waals surface area contributed by atoms with Crippen molar-refractivity contribution in [1.29, 1.82) is 0 Å². The average molecular weight is 235 g/mol. The highest BCUT2D eigenvalue weighted by atomic mass is 19.1. The summed E-state index contributed by atoms with van der Waals surface area (Å²) in [6.07, 6.45) is 3.47. The molecule has 1 unspecified atom stereocenters. The Balaban J connectivity index is 1.49. The van der Waals surface area contributed by atoms with Gasteiger partial charge in [-0.15, -0.1) is 0 Å². The van der Waals surface area contributed by atoms with Gasteiger partial charge in [-0.1, -0.05) is 12.1 Å². The van der Waals surface area contributed by atoms with E-state index in [0.717, 1.165) is 19.6 Å². The minimum atomic E-state index is -0.147. The Kier molecular flexibility index (Phi) is 3.12. The van der Waals surface area contributed by atoms with Crippen LogP contribution in [0.4, 0.5) is 4.39 Å². The molecular formula is C14H18FNO. The molecule has 1 aliphatic heterocycles. The van der Waals surface area contributed by atoms with Crippen molar-refractivity contribution < 1.29 is 9.13 Å². The lowest BCUT2D eigenvalue weighted by molar-refractivity contribution is 0.180. The maximum absolute atomic E-state index is 12.8. The van der Waals surface area contributed by atoms with Gasteiger partial charge < -0.3 is 10.1 Å². The third-order valence-electron chi connectivity index (χ3n) is 3.88. The molecule has 1 heterocycles. The maximum atomic E-state index is 12.8. The molecule has 0 radical (unpaired) electrons. The van der Waals surface area contributed by atoms with Crippen LogP contribution in [-0.2, 0) is 4.74 Å². The molecule has 1 aliphatic carbocycles.